The summed E-state index contributed by atoms with van der Waals surface area (Å²) in [6, 6.07) is 6.71. The van der Waals surface area contributed by atoms with Crippen molar-refractivity contribution in [1.29, 1.82) is 5.26 Å². The van der Waals surface area contributed by atoms with E-state index >= 15 is 0 Å². The average molecular weight is 303 g/mol. The molecule has 1 heterocycles. The van der Waals surface area contributed by atoms with Gasteiger partial charge < -0.3 is 9.84 Å². The Hall–Kier alpha value is -2.58. The Morgan fingerprint density at radius 3 is 2.48 bits per heavy atom. The Labute approximate surface area is 126 Å². The second kappa shape index (κ2) is 5.81. The fourth-order valence-corrected chi connectivity index (χ4v) is 2.10. The number of rotatable bonds is 3. The van der Waals surface area contributed by atoms with Crippen LogP contribution in [0.4, 0.5) is 0 Å². The molecule has 0 saturated heterocycles. The van der Waals surface area contributed by atoms with Crippen LogP contribution < -0.4 is 4.74 Å². The van der Waals surface area contributed by atoms with Crippen molar-refractivity contribution >= 4 is 17.6 Å². The Morgan fingerprint density at radius 1 is 1.33 bits per heavy atom. The Morgan fingerprint density at radius 2 is 1.95 bits per heavy atom. The van der Waals surface area contributed by atoms with E-state index in [2.05, 4.69) is 11.1 Å². The van der Waals surface area contributed by atoms with Gasteiger partial charge in [-0.05, 0) is 37.1 Å². The molecule has 2 aromatic rings. The van der Waals surface area contributed by atoms with E-state index in [1.165, 1.54) is 12.3 Å². The summed E-state index contributed by atoms with van der Waals surface area (Å²) in [4.78, 5) is 15.0. The highest BCUT2D eigenvalue weighted by atomic mass is 35.5. The molecule has 0 unspecified atom stereocenters. The molecule has 0 aliphatic carbocycles. The van der Waals surface area contributed by atoms with Gasteiger partial charge in [-0.1, -0.05) is 11.6 Å². The van der Waals surface area contributed by atoms with E-state index in [4.69, 9.17) is 26.7 Å². The summed E-state index contributed by atoms with van der Waals surface area (Å²) in [5.74, 6) is -0.478. The lowest BCUT2D eigenvalue weighted by atomic mass is 10.1. The summed E-state index contributed by atoms with van der Waals surface area (Å²) in [6.07, 6.45) is 1.23. The number of hydrogen-bond acceptors (Lipinski definition) is 4. The number of ether oxygens (including phenoxy) is 1. The van der Waals surface area contributed by atoms with E-state index in [-0.39, 0.29) is 16.5 Å². The van der Waals surface area contributed by atoms with Gasteiger partial charge in [0.25, 0.3) is 0 Å². The lowest BCUT2D eigenvalue weighted by Crippen LogP contribution is -2.00. The highest BCUT2D eigenvalue weighted by Gasteiger charge is 2.13. The summed E-state index contributed by atoms with van der Waals surface area (Å²) in [6.45, 7) is 3.61. The molecule has 0 aliphatic rings. The van der Waals surface area contributed by atoms with Gasteiger partial charge in [0.1, 0.15) is 5.75 Å². The Kier molecular flexibility index (Phi) is 4.10. The number of aryl methyl sites for hydroxylation is 2. The number of benzene rings is 1. The van der Waals surface area contributed by atoms with Crippen LogP contribution in [0.15, 0.2) is 24.4 Å². The van der Waals surface area contributed by atoms with Crippen molar-refractivity contribution in [3.05, 3.63) is 51.7 Å². The van der Waals surface area contributed by atoms with E-state index in [1.807, 2.05) is 0 Å². The third kappa shape index (κ3) is 3.12. The van der Waals surface area contributed by atoms with Crippen LogP contribution in [0.25, 0.3) is 0 Å². The van der Waals surface area contributed by atoms with Crippen molar-refractivity contribution in [3.8, 4) is 17.7 Å². The number of carboxylic acid groups (broad SMARTS) is 1. The molecule has 106 valence electrons. The molecule has 0 atom stereocenters. The first-order valence-corrected chi connectivity index (χ1v) is 6.38. The van der Waals surface area contributed by atoms with Gasteiger partial charge in [0.05, 0.1) is 28.4 Å². The lowest BCUT2D eigenvalue weighted by Gasteiger charge is -2.12. The normalized spacial score (nSPS) is 10.0. The molecular formula is C15H11ClN2O3. The van der Waals surface area contributed by atoms with Gasteiger partial charge in [0.2, 0.25) is 5.88 Å². The number of carboxylic acids is 1. The topological polar surface area (TPSA) is 83.2 Å². The smallest absolute Gasteiger partial charge is 0.337 e. The van der Waals surface area contributed by atoms with Crippen molar-refractivity contribution in [2.75, 3.05) is 0 Å². The number of hydrogen-bond donors (Lipinski definition) is 1. The van der Waals surface area contributed by atoms with Crippen molar-refractivity contribution < 1.29 is 14.6 Å². The molecule has 0 amide bonds. The molecule has 0 spiro atoms. The van der Waals surface area contributed by atoms with E-state index in [9.17, 15) is 4.79 Å². The molecule has 0 saturated carbocycles. The molecule has 1 aromatic carbocycles. The van der Waals surface area contributed by atoms with E-state index in [0.29, 0.717) is 11.3 Å². The predicted molar refractivity (Wildman–Crippen MR) is 76.9 cm³/mol. The summed E-state index contributed by atoms with van der Waals surface area (Å²) >= 11 is 5.76. The molecule has 0 aliphatic heterocycles. The predicted octanol–water partition coefficient (Wildman–Crippen LogP) is 3.71. The minimum atomic E-state index is -1.15. The van der Waals surface area contributed by atoms with Crippen molar-refractivity contribution in [2.45, 2.75) is 13.8 Å². The van der Waals surface area contributed by atoms with Gasteiger partial charge in [-0.2, -0.15) is 5.26 Å². The molecule has 21 heavy (non-hydrogen) atoms. The molecule has 0 bridgehead atoms. The fourth-order valence-electron chi connectivity index (χ4n) is 1.92. The van der Waals surface area contributed by atoms with Crippen molar-refractivity contribution in [1.82, 2.24) is 4.98 Å². The van der Waals surface area contributed by atoms with Crippen LogP contribution in [-0.4, -0.2) is 16.1 Å². The number of halogens is 1. The molecular weight excluding hydrogens is 292 g/mol. The average Bonchev–Trinajstić information content (AvgIpc) is 2.43. The molecule has 5 nitrogen and oxygen atoms in total. The number of carbonyl (C=O) groups is 1. The van der Waals surface area contributed by atoms with E-state index in [0.717, 1.165) is 11.1 Å². The second-order valence-corrected chi connectivity index (χ2v) is 4.87. The second-order valence-electron chi connectivity index (χ2n) is 4.46. The number of nitriles is 1. The van der Waals surface area contributed by atoms with Crippen LogP contribution in [0, 0.1) is 25.2 Å². The third-order valence-corrected chi connectivity index (χ3v) is 3.16. The summed E-state index contributed by atoms with van der Waals surface area (Å²) < 4.78 is 5.64. The zero-order valence-corrected chi connectivity index (χ0v) is 12.1. The molecule has 1 N–H and O–H groups in total. The fraction of sp³-hybridized carbons (Fsp3) is 0.133. The van der Waals surface area contributed by atoms with Crippen LogP contribution in [0.3, 0.4) is 0 Å². The van der Waals surface area contributed by atoms with Gasteiger partial charge in [-0.3, -0.25) is 0 Å². The number of nitrogens with zero attached hydrogens (tertiary/aromatic N) is 2. The maximum absolute atomic E-state index is 11.0. The van der Waals surface area contributed by atoms with Crippen LogP contribution in [0.2, 0.25) is 5.02 Å². The molecule has 2 rings (SSSR count). The first kappa shape index (κ1) is 14.8. The van der Waals surface area contributed by atoms with E-state index in [1.54, 1.807) is 26.0 Å². The molecule has 0 fully saturated rings. The van der Waals surface area contributed by atoms with E-state index < -0.39 is 5.97 Å². The first-order valence-electron chi connectivity index (χ1n) is 6.00. The number of aromatic nitrogens is 1. The van der Waals surface area contributed by atoms with Gasteiger partial charge in [0.15, 0.2) is 0 Å². The lowest BCUT2D eigenvalue weighted by molar-refractivity contribution is 0.0696. The minimum absolute atomic E-state index is 0.0446. The highest BCUT2D eigenvalue weighted by molar-refractivity contribution is 6.33. The van der Waals surface area contributed by atoms with Crippen LogP contribution >= 0.6 is 11.6 Å². The van der Waals surface area contributed by atoms with Gasteiger partial charge in [-0.15, -0.1) is 0 Å². The SMILES string of the molecule is Cc1cc(C#N)cc(C)c1Oc1cc(C(=O)O)c(Cl)cn1. The number of pyridine rings is 1. The van der Waals surface area contributed by atoms with Gasteiger partial charge in [0, 0.05) is 6.07 Å². The maximum atomic E-state index is 11.0. The molecule has 1 aromatic heterocycles. The van der Waals surface area contributed by atoms with Crippen LogP contribution in [-0.2, 0) is 0 Å². The minimum Gasteiger partial charge on any atom is -0.478 e. The van der Waals surface area contributed by atoms with Crippen LogP contribution in [0.1, 0.15) is 27.0 Å². The van der Waals surface area contributed by atoms with Crippen molar-refractivity contribution in [3.63, 3.8) is 0 Å². The zero-order valence-electron chi connectivity index (χ0n) is 11.3. The maximum Gasteiger partial charge on any atom is 0.337 e. The van der Waals surface area contributed by atoms with Gasteiger partial charge in [-0.25, -0.2) is 9.78 Å². The molecule has 0 radical (unpaired) electrons. The summed E-state index contributed by atoms with van der Waals surface area (Å²) in [7, 11) is 0. The van der Waals surface area contributed by atoms with Crippen LogP contribution in [0.5, 0.6) is 11.6 Å². The third-order valence-electron chi connectivity index (χ3n) is 2.86. The monoisotopic (exact) mass is 302 g/mol. The Bertz CT molecular complexity index is 743. The summed E-state index contributed by atoms with van der Waals surface area (Å²) in [5, 5.41) is 18.0. The van der Waals surface area contributed by atoms with Crippen molar-refractivity contribution in [2.24, 2.45) is 0 Å². The highest BCUT2D eigenvalue weighted by Crippen LogP contribution is 2.30. The quantitative estimate of drug-likeness (QED) is 0.934. The summed E-state index contributed by atoms with van der Waals surface area (Å²) in [5.41, 5.74) is 1.98. The standard InChI is InChI=1S/C15H11ClN2O3/c1-8-3-10(6-17)4-9(2)14(8)21-13-5-11(15(19)20)12(16)7-18-13/h3-5,7H,1-2H3,(H,19,20). The molecule has 6 heteroatoms. The first-order chi connectivity index (χ1) is 9.92. The van der Waals surface area contributed by atoms with Gasteiger partial charge >= 0.3 is 5.97 Å². The Balaban J connectivity index is 2.42. The zero-order chi connectivity index (χ0) is 15.6. The largest absolute Gasteiger partial charge is 0.478 e. The number of aromatic carboxylic acids is 1.